The zero-order valence-electron chi connectivity index (χ0n) is 21.5. The van der Waals surface area contributed by atoms with Crippen LogP contribution in [-0.2, 0) is 30.4 Å². The van der Waals surface area contributed by atoms with Gasteiger partial charge in [0, 0.05) is 24.9 Å². The van der Waals surface area contributed by atoms with Gasteiger partial charge in [0.15, 0.2) is 5.96 Å². The fourth-order valence-corrected chi connectivity index (χ4v) is 3.39. The molecule has 0 spiro atoms. The van der Waals surface area contributed by atoms with Gasteiger partial charge in [0.25, 0.3) is 0 Å². The van der Waals surface area contributed by atoms with Crippen LogP contribution < -0.4 is 38.9 Å². The number of carbonyl (C=O) groups excluding carboxylic acids is 4. The van der Waals surface area contributed by atoms with Crippen molar-refractivity contribution in [3.05, 3.63) is 18.2 Å². The first-order valence-corrected chi connectivity index (χ1v) is 12.1. The van der Waals surface area contributed by atoms with E-state index >= 15 is 0 Å². The van der Waals surface area contributed by atoms with Crippen LogP contribution in [0.3, 0.4) is 0 Å². The highest BCUT2D eigenvalue weighted by molar-refractivity contribution is 5.95. The molecule has 1 aromatic rings. The first kappa shape index (κ1) is 31.8. The van der Waals surface area contributed by atoms with Gasteiger partial charge in [-0.15, -0.1) is 0 Å². The summed E-state index contributed by atoms with van der Waals surface area (Å²) in [6.45, 7) is 3.69. The molecule has 5 atom stereocenters. The summed E-state index contributed by atoms with van der Waals surface area (Å²) in [5.41, 5.74) is 21.8. The lowest BCUT2D eigenvalue weighted by molar-refractivity contribution is -0.142. The van der Waals surface area contributed by atoms with E-state index in [9.17, 15) is 29.1 Å². The van der Waals surface area contributed by atoms with E-state index in [1.165, 1.54) is 12.5 Å². The normalized spacial score (nSPS) is 14.7. The molecule has 5 unspecified atom stereocenters. The predicted molar refractivity (Wildman–Crippen MR) is 137 cm³/mol. The molecule has 4 amide bonds. The van der Waals surface area contributed by atoms with Crippen LogP contribution in [0.2, 0.25) is 0 Å². The molecule has 38 heavy (non-hydrogen) atoms. The van der Waals surface area contributed by atoms with Crippen molar-refractivity contribution in [2.45, 2.75) is 70.1 Å². The van der Waals surface area contributed by atoms with Crippen LogP contribution in [0.1, 0.15) is 45.2 Å². The molecule has 0 aliphatic heterocycles. The van der Waals surface area contributed by atoms with Crippen LogP contribution in [0.25, 0.3) is 0 Å². The lowest BCUT2D eigenvalue weighted by Crippen LogP contribution is -2.59. The SMILES string of the molecule is CCC(C)C(NC(=O)C(Cc1cnc[nH]1)NC(=O)C(N)CC(N)=O)C(=O)NC(CCCN=C(N)N)C(=O)O. The third-order valence-corrected chi connectivity index (χ3v) is 5.72. The summed E-state index contributed by atoms with van der Waals surface area (Å²) in [6, 6.07) is -4.84. The van der Waals surface area contributed by atoms with Gasteiger partial charge >= 0.3 is 5.97 Å². The summed E-state index contributed by atoms with van der Waals surface area (Å²) in [6.07, 6.45) is 3.20. The monoisotopic (exact) mass is 538 g/mol. The number of nitrogens with one attached hydrogen (secondary N) is 4. The van der Waals surface area contributed by atoms with Crippen LogP contribution in [0.15, 0.2) is 17.5 Å². The molecule has 0 fully saturated rings. The van der Waals surface area contributed by atoms with E-state index in [-0.39, 0.29) is 25.3 Å². The maximum atomic E-state index is 13.3. The number of hydrogen-bond donors (Lipinski definition) is 9. The Kier molecular flexibility index (Phi) is 13.2. The van der Waals surface area contributed by atoms with Crippen LogP contribution in [-0.4, -0.2) is 81.3 Å². The average molecular weight is 539 g/mol. The van der Waals surface area contributed by atoms with Crippen molar-refractivity contribution >= 4 is 35.6 Å². The first-order chi connectivity index (χ1) is 17.8. The Morgan fingerprint density at radius 2 is 1.71 bits per heavy atom. The molecule has 0 aliphatic rings. The number of nitrogens with two attached hydrogens (primary N) is 4. The number of aliphatic imine (C=N–C) groups is 1. The Labute approximate surface area is 219 Å². The maximum absolute atomic E-state index is 13.3. The minimum atomic E-state index is -1.28. The number of hydrogen-bond acceptors (Lipinski definition) is 8. The minimum Gasteiger partial charge on any atom is -0.480 e. The van der Waals surface area contributed by atoms with Gasteiger partial charge in [-0.2, -0.15) is 0 Å². The van der Waals surface area contributed by atoms with Crippen molar-refractivity contribution in [2.75, 3.05) is 6.54 Å². The van der Waals surface area contributed by atoms with Gasteiger partial charge in [0.2, 0.25) is 23.6 Å². The second-order valence-corrected chi connectivity index (χ2v) is 8.84. The molecule has 16 nitrogen and oxygen atoms in total. The minimum absolute atomic E-state index is 0.0295. The highest BCUT2D eigenvalue weighted by atomic mass is 16.4. The van der Waals surface area contributed by atoms with Gasteiger partial charge in [-0.3, -0.25) is 24.2 Å². The topological polar surface area (TPSA) is 287 Å². The number of aromatic nitrogens is 2. The molecule has 0 bridgehead atoms. The summed E-state index contributed by atoms with van der Waals surface area (Å²) < 4.78 is 0. The number of carboxylic acid groups (broad SMARTS) is 1. The standard InChI is InChI=1S/C22H38N10O6/c1-3-11(2)17(20(36)30-14(21(37)38)5-4-6-28-22(25)26)32-19(35)15(7-12-9-27-10-29-12)31-18(34)13(23)8-16(24)33/h9-11,13-15,17H,3-8,23H2,1-2H3,(H2,24,33)(H,27,29)(H,30,36)(H,31,34)(H,32,35)(H,37,38)(H4,25,26,28). The molecular weight excluding hydrogens is 500 g/mol. The van der Waals surface area contributed by atoms with E-state index in [1.807, 2.05) is 0 Å². The van der Waals surface area contributed by atoms with Gasteiger partial charge in [-0.05, 0) is 18.8 Å². The largest absolute Gasteiger partial charge is 0.480 e. The van der Waals surface area contributed by atoms with Crippen molar-refractivity contribution in [3.8, 4) is 0 Å². The smallest absolute Gasteiger partial charge is 0.326 e. The lowest BCUT2D eigenvalue weighted by Gasteiger charge is -2.28. The number of amides is 4. The zero-order valence-corrected chi connectivity index (χ0v) is 21.5. The van der Waals surface area contributed by atoms with Crippen LogP contribution >= 0.6 is 0 Å². The lowest BCUT2D eigenvalue weighted by atomic mass is 9.96. The fraction of sp³-hybridized carbons (Fsp3) is 0.591. The molecule has 0 saturated heterocycles. The Morgan fingerprint density at radius 1 is 1.05 bits per heavy atom. The number of rotatable bonds is 17. The summed E-state index contributed by atoms with van der Waals surface area (Å²) in [7, 11) is 0. The molecule has 1 heterocycles. The highest BCUT2D eigenvalue weighted by Crippen LogP contribution is 2.11. The Morgan fingerprint density at radius 3 is 2.24 bits per heavy atom. The number of imidazole rings is 1. The Bertz CT molecular complexity index is 979. The highest BCUT2D eigenvalue weighted by Gasteiger charge is 2.33. The van der Waals surface area contributed by atoms with Crippen LogP contribution in [0.5, 0.6) is 0 Å². The quantitative estimate of drug-likeness (QED) is 0.0543. The van der Waals surface area contributed by atoms with Crippen molar-refractivity contribution in [1.29, 1.82) is 0 Å². The predicted octanol–water partition coefficient (Wildman–Crippen LogP) is -3.21. The molecular formula is C22H38N10O6. The van der Waals surface area contributed by atoms with E-state index in [0.717, 1.165) is 0 Å². The van der Waals surface area contributed by atoms with Crippen LogP contribution in [0.4, 0.5) is 0 Å². The number of aliphatic carboxylic acids is 1. The molecule has 0 aliphatic carbocycles. The second-order valence-electron chi connectivity index (χ2n) is 8.84. The number of aromatic amines is 1. The van der Waals surface area contributed by atoms with Gasteiger partial charge < -0.3 is 49.0 Å². The summed E-state index contributed by atoms with van der Waals surface area (Å²) in [5.74, 6) is -4.80. The average Bonchev–Trinajstić information content (AvgIpc) is 3.35. The molecule has 212 valence electrons. The van der Waals surface area contributed by atoms with Crippen molar-refractivity contribution in [1.82, 2.24) is 25.9 Å². The summed E-state index contributed by atoms with van der Waals surface area (Å²) >= 11 is 0. The number of carboxylic acids is 1. The fourth-order valence-electron chi connectivity index (χ4n) is 3.39. The van der Waals surface area contributed by atoms with E-state index in [1.54, 1.807) is 13.8 Å². The third-order valence-electron chi connectivity index (χ3n) is 5.72. The summed E-state index contributed by atoms with van der Waals surface area (Å²) in [5, 5.41) is 17.1. The number of guanidine groups is 1. The van der Waals surface area contributed by atoms with Gasteiger partial charge in [0.05, 0.1) is 18.8 Å². The molecule has 1 aromatic heterocycles. The van der Waals surface area contributed by atoms with Crippen molar-refractivity contribution in [2.24, 2.45) is 33.8 Å². The number of nitrogens with zero attached hydrogens (tertiary/aromatic N) is 2. The second kappa shape index (κ2) is 15.8. The van der Waals surface area contributed by atoms with E-state index in [4.69, 9.17) is 22.9 Å². The van der Waals surface area contributed by atoms with Gasteiger partial charge in [-0.25, -0.2) is 9.78 Å². The zero-order chi connectivity index (χ0) is 28.8. The molecule has 1 rings (SSSR count). The van der Waals surface area contributed by atoms with Crippen molar-refractivity contribution in [3.63, 3.8) is 0 Å². The Balaban J connectivity index is 3.04. The maximum Gasteiger partial charge on any atom is 0.326 e. The molecule has 0 radical (unpaired) electrons. The van der Waals surface area contributed by atoms with Gasteiger partial charge in [0.1, 0.15) is 18.1 Å². The Hall–Kier alpha value is -4.21. The van der Waals surface area contributed by atoms with Crippen LogP contribution in [0, 0.1) is 5.92 Å². The van der Waals surface area contributed by atoms with Crippen molar-refractivity contribution < 1.29 is 29.1 Å². The van der Waals surface area contributed by atoms with Gasteiger partial charge in [-0.1, -0.05) is 20.3 Å². The first-order valence-electron chi connectivity index (χ1n) is 12.1. The van der Waals surface area contributed by atoms with E-state index in [2.05, 4.69) is 30.9 Å². The van der Waals surface area contributed by atoms with E-state index in [0.29, 0.717) is 18.5 Å². The van der Waals surface area contributed by atoms with E-state index < -0.39 is 66.1 Å². The summed E-state index contributed by atoms with van der Waals surface area (Å²) in [4.78, 5) is 72.2. The number of carbonyl (C=O) groups is 5. The number of H-pyrrole nitrogens is 1. The molecule has 0 aromatic carbocycles. The molecule has 13 N–H and O–H groups in total. The third kappa shape index (κ3) is 11.2. The molecule has 0 saturated carbocycles. The molecule has 16 heteroatoms. The number of primary amides is 1.